The maximum absolute atomic E-state index is 12.1. The number of rotatable bonds is 1. The zero-order valence-electron chi connectivity index (χ0n) is 10.5. The van der Waals surface area contributed by atoms with Gasteiger partial charge in [0.25, 0.3) is 0 Å². The first kappa shape index (κ1) is 11.3. The molecule has 3 heteroatoms. The Hall–Kier alpha value is -1.77. The summed E-state index contributed by atoms with van der Waals surface area (Å²) in [6, 6.07) is -0.00176. The van der Waals surface area contributed by atoms with Crippen LogP contribution in [-0.2, 0) is 0 Å². The monoisotopic (exact) mass is 242 g/mol. The molecule has 2 aliphatic carbocycles. The first-order valence-corrected chi connectivity index (χ1v) is 6.69. The van der Waals surface area contributed by atoms with Crippen LogP contribution in [0.5, 0.6) is 0 Å². The van der Waals surface area contributed by atoms with Crippen LogP contribution in [0.25, 0.3) is 0 Å². The lowest BCUT2D eigenvalue weighted by Crippen LogP contribution is -2.45. The first-order chi connectivity index (χ1) is 8.84. The van der Waals surface area contributed by atoms with Gasteiger partial charge in [-0.25, -0.2) is 4.79 Å². The summed E-state index contributed by atoms with van der Waals surface area (Å²) < 4.78 is 0. The summed E-state index contributed by atoms with van der Waals surface area (Å²) in [6.07, 6.45) is 16.2. The van der Waals surface area contributed by atoms with E-state index in [2.05, 4.69) is 35.7 Å². The second kappa shape index (κ2) is 4.84. The Kier molecular flexibility index (Phi) is 3.05. The summed E-state index contributed by atoms with van der Waals surface area (Å²) in [5.74, 6) is 0. The third-order valence-electron chi connectivity index (χ3n) is 3.60. The summed E-state index contributed by atoms with van der Waals surface area (Å²) in [6.45, 7) is 0.702. The molecule has 1 N–H and O–H groups in total. The highest BCUT2D eigenvalue weighted by molar-refractivity contribution is 5.82. The molecule has 0 atom stereocenters. The minimum Gasteiger partial charge on any atom is -0.308 e. The van der Waals surface area contributed by atoms with Crippen molar-refractivity contribution in [3.8, 4) is 0 Å². The van der Waals surface area contributed by atoms with Crippen molar-refractivity contribution < 1.29 is 4.79 Å². The molecule has 0 radical (unpaired) electrons. The average Bonchev–Trinajstić information content (AvgIpc) is 2.63. The highest BCUT2D eigenvalue weighted by Gasteiger charge is 2.26. The van der Waals surface area contributed by atoms with Gasteiger partial charge in [0, 0.05) is 11.4 Å². The van der Waals surface area contributed by atoms with E-state index in [1.54, 1.807) is 0 Å². The van der Waals surface area contributed by atoms with Gasteiger partial charge < -0.3 is 5.32 Å². The third kappa shape index (κ3) is 2.13. The van der Waals surface area contributed by atoms with Crippen molar-refractivity contribution in [3.63, 3.8) is 0 Å². The van der Waals surface area contributed by atoms with Crippen LogP contribution < -0.4 is 5.32 Å². The van der Waals surface area contributed by atoms with E-state index in [-0.39, 0.29) is 6.03 Å². The molecule has 0 aromatic rings. The van der Waals surface area contributed by atoms with E-state index in [0.29, 0.717) is 6.54 Å². The molecule has 0 aromatic heterocycles. The van der Waals surface area contributed by atoms with E-state index in [4.69, 9.17) is 0 Å². The fourth-order valence-corrected chi connectivity index (χ4v) is 2.60. The minimum absolute atomic E-state index is 0.00176. The van der Waals surface area contributed by atoms with E-state index in [9.17, 15) is 4.79 Å². The van der Waals surface area contributed by atoms with Gasteiger partial charge in [0.15, 0.2) is 0 Å². The molecule has 94 valence electrons. The number of carbonyl (C=O) groups excluding carboxylic acids is 1. The summed E-state index contributed by atoms with van der Waals surface area (Å²) >= 11 is 0. The summed E-state index contributed by atoms with van der Waals surface area (Å²) in [7, 11) is 0. The lowest BCUT2D eigenvalue weighted by atomic mass is 10.1. The van der Waals surface area contributed by atoms with Crippen LogP contribution in [0.1, 0.15) is 32.1 Å². The van der Waals surface area contributed by atoms with Crippen molar-refractivity contribution in [1.29, 1.82) is 0 Å². The van der Waals surface area contributed by atoms with Crippen LogP contribution in [0.15, 0.2) is 47.3 Å². The third-order valence-corrected chi connectivity index (χ3v) is 3.60. The second-order valence-corrected chi connectivity index (χ2v) is 4.90. The number of hydrogen-bond acceptors (Lipinski definition) is 1. The first-order valence-electron chi connectivity index (χ1n) is 6.69. The van der Waals surface area contributed by atoms with Gasteiger partial charge in [-0.2, -0.15) is 0 Å². The quantitative estimate of drug-likeness (QED) is 0.752. The predicted octanol–water partition coefficient (Wildman–Crippen LogP) is 3.24. The van der Waals surface area contributed by atoms with Crippen molar-refractivity contribution in [2.45, 2.75) is 32.1 Å². The largest absolute Gasteiger partial charge is 0.326 e. The molecule has 0 spiro atoms. The molecule has 3 aliphatic rings. The molecule has 1 saturated heterocycles. The lowest BCUT2D eigenvalue weighted by Gasteiger charge is -2.32. The van der Waals surface area contributed by atoms with E-state index >= 15 is 0 Å². The van der Waals surface area contributed by atoms with Gasteiger partial charge in [-0.15, -0.1) is 0 Å². The standard InChI is InChI=1S/C15H18N2O/c18-15-16-14-10-6-1-3-7-12(14)11-17(15)13-8-4-2-5-9-13/h4,7-10H,1-3,5-6,11H2,(H,16,18). The van der Waals surface area contributed by atoms with Gasteiger partial charge in [0.1, 0.15) is 0 Å². The Bertz CT molecular complexity index is 483. The van der Waals surface area contributed by atoms with Gasteiger partial charge in [0.05, 0.1) is 6.54 Å². The molecular weight excluding hydrogens is 224 g/mol. The molecule has 2 amide bonds. The topological polar surface area (TPSA) is 32.3 Å². The summed E-state index contributed by atoms with van der Waals surface area (Å²) in [5, 5.41) is 3.01. The number of amides is 2. The number of carbonyl (C=O) groups is 1. The highest BCUT2D eigenvalue weighted by Crippen LogP contribution is 2.25. The van der Waals surface area contributed by atoms with Crippen LogP contribution in [0.2, 0.25) is 0 Å². The Morgan fingerprint density at radius 3 is 2.78 bits per heavy atom. The van der Waals surface area contributed by atoms with Gasteiger partial charge >= 0.3 is 6.03 Å². The maximum Gasteiger partial charge on any atom is 0.326 e. The summed E-state index contributed by atoms with van der Waals surface area (Å²) in [4.78, 5) is 14.0. The molecule has 3 rings (SSSR count). The second-order valence-electron chi connectivity index (χ2n) is 4.90. The van der Waals surface area contributed by atoms with E-state index < -0.39 is 0 Å². The molecule has 0 unspecified atom stereocenters. The number of fused-ring (bicyclic) bond motifs is 1. The Morgan fingerprint density at radius 1 is 1.06 bits per heavy atom. The predicted molar refractivity (Wildman–Crippen MR) is 71.7 cm³/mol. The van der Waals surface area contributed by atoms with Gasteiger partial charge in [-0.1, -0.05) is 24.3 Å². The zero-order valence-corrected chi connectivity index (χ0v) is 10.5. The molecule has 1 heterocycles. The summed E-state index contributed by atoms with van der Waals surface area (Å²) in [5.41, 5.74) is 3.31. The van der Waals surface area contributed by atoms with Crippen molar-refractivity contribution in [1.82, 2.24) is 10.2 Å². The molecule has 0 bridgehead atoms. The fraction of sp³-hybridized carbons (Fsp3) is 0.400. The van der Waals surface area contributed by atoms with E-state index in [0.717, 1.165) is 37.1 Å². The van der Waals surface area contributed by atoms with Gasteiger partial charge in [-0.05, 0) is 43.8 Å². The lowest BCUT2D eigenvalue weighted by molar-refractivity contribution is 0.214. The number of nitrogens with zero attached hydrogens (tertiary/aromatic N) is 1. The molecular formula is C15H18N2O. The number of allylic oxidation sites excluding steroid dienone is 5. The maximum atomic E-state index is 12.1. The van der Waals surface area contributed by atoms with Crippen LogP contribution in [0, 0.1) is 0 Å². The van der Waals surface area contributed by atoms with E-state index in [1.165, 1.54) is 12.0 Å². The normalized spacial score (nSPS) is 23.4. The molecule has 1 fully saturated rings. The SMILES string of the molecule is O=C1NC2=CCCCC=C2CN1C1=CCCC=C1. The number of hydrogen-bond donors (Lipinski definition) is 1. The van der Waals surface area contributed by atoms with Crippen molar-refractivity contribution in [2.24, 2.45) is 0 Å². The van der Waals surface area contributed by atoms with E-state index in [1.807, 2.05) is 4.90 Å². The van der Waals surface area contributed by atoms with Crippen LogP contribution in [0.3, 0.4) is 0 Å². The molecule has 18 heavy (non-hydrogen) atoms. The zero-order chi connectivity index (χ0) is 12.4. The number of nitrogens with one attached hydrogen (secondary N) is 1. The average molecular weight is 242 g/mol. The fourth-order valence-electron chi connectivity index (χ4n) is 2.60. The van der Waals surface area contributed by atoms with Crippen molar-refractivity contribution in [3.05, 3.63) is 47.3 Å². The highest BCUT2D eigenvalue weighted by atomic mass is 16.2. The van der Waals surface area contributed by atoms with Crippen LogP contribution >= 0.6 is 0 Å². The van der Waals surface area contributed by atoms with Gasteiger partial charge in [-0.3, -0.25) is 4.90 Å². The Labute approximate surface area is 108 Å². The molecule has 1 aliphatic heterocycles. The van der Waals surface area contributed by atoms with Crippen LogP contribution in [-0.4, -0.2) is 17.5 Å². The van der Waals surface area contributed by atoms with Crippen molar-refractivity contribution >= 4 is 6.03 Å². The minimum atomic E-state index is -0.00176. The van der Waals surface area contributed by atoms with Crippen LogP contribution in [0.4, 0.5) is 4.79 Å². The number of urea groups is 1. The molecule has 0 saturated carbocycles. The smallest absolute Gasteiger partial charge is 0.308 e. The van der Waals surface area contributed by atoms with Crippen molar-refractivity contribution in [2.75, 3.05) is 6.54 Å². The molecule has 3 nitrogen and oxygen atoms in total. The Balaban J connectivity index is 1.86. The molecule has 0 aromatic carbocycles. The van der Waals surface area contributed by atoms with Gasteiger partial charge in [0.2, 0.25) is 0 Å². The Morgan fingerprint density at radius 2 is 1.94 bits per heavy atom.